The van der Waals surface area contributed by atoms with Crippen LogP contribution in [0.3, 0.4) is 0 Å². The second-order valence-electron chi connectivity index (χ2n) is 8.30. The Hall–Kier alpha value is -2.40. The SMILES string of the molecule is O=C(CSc1nc2sc3c(c2c(=O)[nH]1)CCCC3)NN1C(=O)NC2(CCCCC2)C1=O. The maximum absolute atomic E-state index is 12.8. The molecule has 11 heteroatoms. The van der Waals surface area contributed by atoms with Gasteiger partial charge >= 0.3 is 6.03 Å². The van der Waals surface area contributed by atoms with Crippen LogP contribution in [0, 0.1) is 0 Å². The molecule has 0 bridgehead atoms. The standard InChI is InChI=1S/C20H23N5O4S2/c26-13(24-25-17(28)20(23-19(25)29)8-4-1-5-9-20)10-30-18-21-15(27)14-11-6-2-3-7-12(11)31-16(14)22-18/h1-10H2,(H,23,29)(H,24,26)(H,21,22,27). The van der Waals surface area contributed by atoms with E-state index in [2.05, 4.69) is 20.7 Å². The predicted molar refractivity (Wildman–Crippen MR) is 117 cm³/mol. The number of amides is 4. The molecule has 1 saturated heterocycles. The Morgan fingerprint density at radius 2 is 1.90 bits per heavy atom. The van der Waals surface area contributed by atoms with Crippen LogP contribution in [0.4, 0.5) is 4.79 Å². The average Bonchev–Trinajstić information content (AvgIpc) is 3.24. The molecule has 164 valence electrons. The normalized spacial score (nSPS) is 20.2. The van der Waals surface area contributed by atoms with Crippen molar-refractivity contribution in [3.05, 3.63) is 20.8 Å². The lowest BCUT2D eigenvalue weighted by Gasteiger charge is -2.30. The maximum Gasteiger partial charge on any atom is 0.344 e. The molecular weight excluding hydrogens is 438 g/mol. The summed E-state index contributed by atoms with van der Waals surface area (Å²) in [7, 11) is 0. The summed E-state index contributed by atoms with van der Waals surface area (Å²) in [4.78, 5) is 59.3. The maximum atomic E-state index is 12.8. The van der Waals surface area contributed by atoms with E-state index in [-0.39, 0.29) is 11.3 Å². The van der Waals surface area contributed by atoms with Crippen molar-refractivity contribution in [2.75, 3.05) is 5.75 Å². The van der Waals surface area contributed by atoms with Crippen LogP contribution in [0.2, 0.25) is 0 Å². The number of imide groups is 1. The molecule has 3 heterocycles. The van der Waals surface area contributed by atoms with Crippen molar-refractivity contribution in [3.63, 3.8) is 0 Å². The highest BCUT2D eigenvalue weighted by Gasteiger charge is 2.52. The van der Waals surface area contributed by atoms with E-state index in [9.17, 15) is 19.2 Å². The van der Waals surface area contributed by atoms with Gasteiger partial charge < -0.3 is 10.3 Å². The first kappa shape index (κ1) is 20.5. The number of hydrazine groups is 1. The molecule has 1 spiro atoms. The first-order valence-electron chi connectivity index (χ1n) is 10.6. The van der Waals surface area contributed by atoms with E-state index in [0.717, 1.165) is 67.3 Å². The first-order valence-corrected chi connectivity index (χ1v) is 12.4. The zero-order chi connectivity index (χ0) is 21.6. The van der Waals surface area contributed by atoms with Crippen LogP contribution in [-0.4, -0.2) is 44.1 Å². The average molecular weight is 462 g/mol. The van der Waals surface area contributed by atoms with Crippen LogP contribution in [0.5, 0.6) is 0 Å². The molecule has 0 radical (unpaired) electrons. The fourth-order valence-corrected chi connectivity index (χ4v) is 6.69. The third-order valence-corrected chi connectivity index (χ3v) is 8.31. The van der Waals surface area contributed by atoms with Gasteiger partial charge in [0.25, 0.3) is 11.5 Å². The molecule has 5 rings (SSSR count). The minimum atomic E-state index is -0.883. The largest absolute Gasteiger partial charge is 0.344 e. The van der Waals surface area contributed by atoms with Gasteiger partial charge in [0.1, 0.15) is 10.4 Å². The van der Waals surface area contributed by atoms with Gasteiger partial charge in [-0.05, 0) is 44.1 Å². The molecule has 2 aliphatic carbocycles. The first-order chi connectivity index (χ1) is 15.0. The van der Waals surface area contributed by atoms with Gasteiger partial charge in [-0.1, -0.05) is 31.0 Å². The van der Waals surface area contributed by atoms with Crippen LogP contribution < -0.4 is 16.3 Å². The zero-order valence-corrected chi connectivity index (χ0v) is 18.5. The lowest BCUT2D eigenvalue weighted by Crippen LogP contribution is -2.51. The predicted octanol–water partition coefficient (Wildman–Crippen LogP) is 2.24. The lowest BCUT2D eigenvalue weighted by atomic mass is 9.82. The van der Waals surface area contributed by atoms with Crippen molar-refractivity contribution in [1.82, 2.24) is 25.7 Å². The molecule has 1 saturated carbocycles. The highest BCUT2D eigenvalue weighted by molar-refractivity contribution is 7.99. The number of aromatic amines is 1. The Labute approximate surface area is 186 Å². The Morgan fingerprint density at radius 3 is 2.71 bits per heavy atom. The molecule has 31 heavy (non-hydrogen) atoms. The number of H-pyrrole nitrogens is 1. The van der Waals surface area contributed by atoms with Gasteiger partial charge in [0.15, 0.2) is 5.16 Å². The van der Waals surface area contributed by atoms with Crippen molar-refractivity contribution in [1.29, 1.82) is 0 Å². The number of carbonyl (C=O) groups excluding carboxylic acids is 3. The minimum absolute atomic E-state index is 0.0798. The van der Waals surface area contributed by atoms with Crippen molar-refractivity contribution in [2.45, 2.75) is 68.5 Å². The Balaban J connectivity index is 1.26. The summed E-state index contributed by atoms with van der Waals surface area (Å²) in [6, 6.07) is -0.595. The van der Waals surface area contributed by atoms with Crippen molar-refractivity contribution in [2.24, 2.45) is 0 Å². The number of aryl methyl sites for hydroxylation is 2. The van der Waals surface area contributed by atoms with Crippen molar-refractivity contribution >= 4 is 51.2 Å². The molecule has 9 nitrogen and oxygen atoms in total. The smallest absolute Gasteiger partial charge is 0.322 e. The van der Waals surface area contributed by atoms with E-state index in [1.165, 1.54) is 4.88 Å². The number of fused-ring (bicyclic) bond motifs is 3. The summed E-state index contributed by atoms with van der Waals surface area (Å²) in [6.45, 7) is 0. The lowest BCUT2D eigenvalue weighted by molar-refractivity contribution is -0.139. The Kier molecular flexibility index (Phi) is 5.25. The molecule has 2 aromatic rings. The number of carbonyl (C=O) groups is 3. The molecule has 3 aliphatic rings. The number of nitrogens with zero attached hydrogens (tertiary/aromatic N) is 2. The molecule has 2 aromatic heterocycles. The third kappa shape index (κ3) is 3.63. The van der Waals surface area contributed by atoms with Gasteiger partial charge in [0.05, 0.1) is 11.1 Å². The molecular formula is C20H23N5O4S2. The number of thiophene rings is 1. The fraction of sp³-hybridized carbons (Fsp3) is 0.550. The highest BCUT2D eigenvalue weighted by Crippen LogP contribution is 2.35. The van der Waals surface area contributed by atoms with Crippen LogP contribution >= 0.6 is 23.1 Å². The number of nitrogens with one attached hydrogen (secondary N) is 3. The minimum Gasteiger partial charge on any atom is -0.322 e. The number of urea groups is 1. The monoisotopic (exact) mass is 461 g/mol. The van der Waals surface area contributed by atoms with Crippen LogP contribution in [-0.2, 0) is 22.4 Å². The summed E-state index contributed by atoms with van der Waals surface area (Å²) in [5, 5.41) is 4.58. The molecule has 2 fully saturated rings. The van der Waals surface area contributed by atoms with Gasteiger partial charge in [-0.2, -0.15) is 5.01 Å². The van der Waals surface area contributed by atoms with E-state index >= 15 is 0 Å². The number of rotatable bonds is 4. The van der Waals surface area contributed by atoms with Crippen molar-refractivity contribution in [3.8, 4) is 0 Å². The van der Waals surface area contributed by atoms with E-state index in [1.54, 1.807) is 11.3 Å². The summed E-state index contributed by atoms with van der Waals surface area (Å²) in [5.74, 6) is -0.980. The highest BCUT2D eigenvalue weighted by atomic mass is 32.2. The van der Waals surface area contributed by atoms with Gasteiger partial charge in [-0.3, -0.25) is 19.8 Å². The number of hydrogen-bond acceptors (Lipinski definition) is 7. The van der Waals surface area contributed by atoms with E-state index in [4.69, 9.17) is 0 Å². The molecule has 0 atom stereocenters. The van der Waals surface area contributed by atoms with Crippen molar-refractivity contribution < 1.29 is 14.4 Å². The van der Waals surface area contributed by atoms with Crippen LogP contribution in [0.25, 0.3) is 10.2 Å². The second-order valence-corrected chi connectivity index (χ2v) is 10.3. The second kappa shape index (κ2) is 7.94. The summed E-state index contributed by atoms with van der Waals surface area (Å²) < 4.78 is 0. The van der Waals surface area contributed by atoms with Crippen LogP contribution in [0.1, 0.15) is 55.4 Å². The van der Waals surface area contributed by atoms with E-state index in [0.29, 0.717) is 28.2 Å². The molecule has 1 aliphatic heterocycles. The summed E-state index contributed by atoms with van der Waals surface area (Å²) >= 11 is 2.63. The van der Waals surface area contributed by atoms with E-state index in [1.807, 2.05) is 0 Å². The Morgan fingerprint density at radius 1 is 1.13 bits per heavy atom. The van der Waals surface area contributed by atoms with Crippen LogP contribution in [0.15, 0.2) is 9.95 Å². The van der Waals surface area contributed by atoms with E-state index < -0.39 is 23.4 Å². The van der Waals surface area contributed by atoms with Gasteiger partial charge in [-0.15, -0.1) is 11.3 Å². The third-order valence-electron chi connectivity index (χ3n) is 6.25. The summed E-state index contributed by atoms with van der Waals surface area (Å²) in [5.41, 5.74) is 2.46. The Bertz CT molecular complexity index is 1130. The number of hydrogen-bond donors (Lipinski definition) is 3. The van der Waals surface area contributed by atoms with Gasteiger partial charge in [0.2, 0.25) is 5.91 Å². The summed E-state index contributed by atoms with van der Waals surface area (Å²) in [6.07, 6.45) is 8.06. The molecule has 0 aromatic carbocycles. The molecule has 3 N–H and O–H groups in total. The molecule has 0 unspecified atom stereocenters. The zero-order valence-electron chi connectivity index (χ0n) is 16.9. The quantitative estimate of drug-likeness (QED) is 0.364. The van der Waals surface area contributed by atoms with Gasteiger partial charge in [0, 0.05) is 4.88 Å². The number of thioether (sulfide) groups is 1. The molecule has 4 amide bonds. The topological polar surface area (TPSA) is 124 Å². The fourth-order valence-electron chi connectivity index (χ4n) is 4.72. The van der Waals surface area contributed by atoms with Gasteiger partial charge in [-0.25, -0.2) is 9.78 Å². The number of aromatic nitrogens is 2.